The average Bonchev–Trinajstić information content (AvgIpc) is 3.68. The number of likely N-dealkylation sites (tertiary alicyclic amines) is 1. The fraction of sp³-hybridized carbons (Fsp3) is 0.927. The van der Waals surface area contributed by atoms with Crippen LogP contribution in [0.3, 0.4) is 0 Å². The highest BCUT2D eigenvalue weighted by Gasteiger charge is 2.84. The van der Waals surface area contributed by atoms with Gasteiger partial charge in [-0.3, -0.25) is 4.79 Å². The van der Waals surface area contributed by atoms with Crippen LogP contribution in [0.2, 0.25) is 0 Å². The topological polar surface area (TPSA) is 109 Å². The summed E-state index contributed by atoms with van der Waals surface area (Å²) in [6.45, 7) is 21.5. The van der Waals surface area contributed by atoms with Crippen molar-refractivity contribution in [1.82, 2.24) is 14.7 Å². The van der Waals surface area contributed by atoms with Gasteiger partial charge >= 0.3 is 12.2 Å². The van der Waals surface area contributed by atoms with Gasteiger partial charge in [0.2, 0.25) is 5.91 Å². The Morgan fingerprint density at radius 3 is 2.08 bits per heavy atom. The molecule has 8 fully saturated rings. The lowest BCUT2D eigenvalue weighted by Gasteiger charge is -2.63. The summed E-state index contributed by atoms with van der Waals surface area (Å²) in [5.74, 6) is 1.70. The van der Waals surface area contributed by atoms with E-state index in [1.54, 1.807) is 21.6 Å². The van der Waals surface area contributed by atoms with E-state index in [4.69, 9.17) is 14.2 Å². The van der Waals surface area contributed by atoms with Gasteiger partial charge in [-0.1, -0.05) is 48.5 Å². The number of carbonyl (C=O) groups excluding carboxylic acids is 3. The molecule has 10 nitrogen and oxygen atoms in total. The van der Waals surface area contributed by atoms with E-state index < -0.39 is 6.10 Å². The summed E-state index contributed by atoms with van der Waals surface area (Å²) in [4.78, 5) is 43.6. The molecule has 5 aliphatic carbocycles. The number of aliphatic hydroxyl groups is 1. The zero-order chi connectivity index (χ0) is 36.5. The van der Waals surface area contributed by atoms with Crippen molar-refractivity contribution in [2.24, 2.45) is 56.7 Å². The monoisotopic (exact) mass is 711 g/mol. The molecule has 286 valence electrons. The van der Waals surface area contributed by atoms with Crippen LogP contribution in [0.4, 0.5) is 9.59 Å². The third-order valence-electron chi connectivity index (χ3n) is 17.4. The molecular weight excluding hydrogens is 646 g/mol. The SMILES string of the molecule is CC(=O)N1CCN(C(=O)OC2CC[C@]34C[C@]35CC[C@]3(C)[C@@H]6C(OC([C@H](OC(=O)N7CCC7)C(C)C)C[C@H]6C)[C@H](O)[C@@]3(C)C5CC[C@H]4C2(C)C)CC1. The standard InChI is InChI=1S/C41H65N3O7/c1-24(2)32(51-36(48)43-16-9-17-43)27-22-25(3)31-33(49-27)34(46)39(8)29-11-10-28-37(5,6)30(50-35(47)44-20-18-42(19-21-44)26(4)45)12-13-40(28)23-41(29,40)15-14-38(31,39)7/h24-25,27-34,46H,9-23H2,1-8H3/t25-,27?,28+,29?,30?,31+,32-,33?,34+,38-,39-,40-,41+/m1/s1. The normalized spacial score (nSPS) is 47.1. The Kier molecular flexibility index (Phi) is 8.43. The molecule has 8 rings (SSSR count). The Bertz CT molecular complexity index is 1430. The lowest BCUT2D eigenvalue weighted by molar-refractivity contribution is -0.185. The van der Waals surface area contributed by atoms with Gasteiger partial charge in [0, 0.05) is 57.0 Å². The van der Waals surface area contributed by atoms with Crippen LogP contribution in [0.5, 0.6) is 0 Å². The molecule has 3 aliphatic heterocycles. The summed E-state index contributed by atoms with van der Waals surface area (Å²) in [6.07, 6.45) is 7.60. The van der Waals surface area contributed by atoms with Gasteiger partial charge < -0.3 is 34.0 Å². The molecule has 0 aromatic carbocycles. The molecule has 5 saturated carbocycles. The summed E-state index contributed by atoms with van der Waals surface area (Å²) in [5.41, 5.74) is -0.00280. The van der Waals surface area contributed by atoms with Crippen LogP contribution in [0.25, 0.3) is 0 Å². The van der Waals surface area contributed by atoms with Crippen molar-refractivity contribution < 1.29 is 33.7 Å². The third-order valence-corrected chi connectivity index (χ3v) is 17.4. The summed E-state index contributed by atoms with van der Waals surface area (Å²) >= 11 is 0. The van der Waals surface area contributed by atoms with Crippen molar-refractivity contribution in [2.45, 2.75) is 144 Å². The maximum Gasteiger partial charge on any atom is 0.410 e. The first kappa shape index (κ1) is 35.9. The van der Waals surface area contributed by atoms with Crippen LogP contribution < -0.4 is 0 Å². The van der Waals surface area contributed by atoms with Crippen molar-refractivity contribution in [3.05, 3.63) is 0 Å². The Labute approximate surface area is 305 Å². The number of rotatable bonds is 4. The molecule has 8 aliphatic rings. The molecular formula is C41H65N3O7. The van der Waals surface area contributed by atoms with Crippen molar-refractivity contribution in [1.29, 1.82) is 0 Å². The molecule has 2 spiro atoms. The highest BCUT2D eigenvalue weighted by Crippen LogP contribution is 2.89. The number of amides is 3. The first-order chi connectivity index (χ1) is 24.0. The molecule has 3 amide bonds. The van der Waals surface area contributed by atoms with Gasteiger partial charge in [0.15, 0.2) is 0 Å². The molecule has 3 heterocycles. The van der Waals surface area contributed by atoms with Gasteiger partial charge in [0.25, 0.3) is 0 Å². The number of aliphatic hydroxyl groups excluding tert-OH is 1. The second kappa shape index (κ2) is 12.0. The number of hydrogen-bond donors (Lipinski definition) is 1. The Balaban J connectivity index is 0.996. The Morgan fingerprint density at radius 1 is 0.824 bits per heavy atom. The lowest BCUT2D eigenvalue weighted by atomic mass is 9.41. The van der Waals surface area contributed by atoms with Crippen LogP contribution in [0.15, 0.2) is 0 Å². The molecule has 0 aromatic heterocycles. The molecule has 1 N–H and O–H groups in total. The van der Waals surface area contributed by atoms with E-state index in [0.717, 1.165) is 58.0 Å². The highest BCUT2D eigenvalue weighted by atomic mass is 16.6. The summed E-state index contributed by atoms with van der Waals surface area (Å²) < 4.78 is 19.6. The molecule has 0 radical (unpaired) electrons. The maximum absolute atomic E-state index is 13.4. The van der Waals surface area contributed by atoms with Crippen LogP contribution in [0.1, 0.15) is 113 Å². The summed E-state index contributed by atoms with van der Waals surface area (Å²) in [7, 11) is 0. The van der Waals surface area contributed by atoms with Crippen LogP contribution in [0, 0.1) is 56.7 Å². The average molecular weight is 712 g/mol. The summed E-state index contributed by atoms with van der Waals surface area (Å²) in [5, 5.41) is 12.7. The predicted octanol–water partition coefficient (Wildman–Crippen LogP) is 6.34. The quantitative estimate of drug-likeness (QED) is 0.363. The van der Waals surface area contributed by atoms with Gasteiger partial charge in [-0.2, -0.15) is 0 Å². The molecule has 0 aromatic rings. The number of ether oxygens (including phenoxy) is 3. The van der Waals surface area contributed by atoms with Crippen molar-refractivity contribution in [3.63, 3.8) is 0 Å². The Morgan fingerprint density at radius 2 is 1.45 bits per heavy atom. The van der Waals surface area contributed by atoms with Gasteiger partial charge in [0.1, 0.15) is 12.2 Å². The molecule has 0 bridgehead atoms. The zero-order valence-electron chi connectivity index (χ0n) is 32.6. The molecule has 10 heteroatoms. The predicted molar refractivity (Wildman–Crippen MR) is 191 cm³/mol. The number of carbonyl (C=O) groups is 3. The first-order valence-corrected chi connectivity index (χ1v) is 20.5. The van der Waals surface area contributed by atoms with Gasteiger partial charge in [-0.05, 0) is 104 Å². The molecule has 4 unspecified atom stereocenters. The van der Waals surface area contributed by atoms with Gasteiger partial charge in [0.05, 0.1) is 18.3 Å². The largest absolute Gasteiger partial charge is 0.446 e. The van der Waals surface area contributed by atoms with E-state index in [1.165, 1.54) is 12.8 Å². The third kappa shape index (κ3) is 4.88. The van der Waals surface area contributed by atoms with Crippen LogP contribution >= 0.6 is 0 Å². The first-order valence-electron chi connectivity index (χ1n) is 20.5. The van der Waals surface area contributed by atoms with Gasteiger partial charge in [-0.15, -0.1) is 0 Å². The smallest absolute Gasteiger partial charge is 0.410 e. The summed E-state index contributed by atoms with van der Waals surface area (Å²) in [6, 6.07) is 0. The van der Waals surface area contributed by atoms with E-state index in [9.17, 15) is 19.5 Å². The van der Waals surface area contributed by atoms with E-state index in [2.05, 4.69) is 48.5 Å². The molecule has 51 heavy (non-hydrogen) atoms. The van der Waals surface area contributed by atoms with E-state index in [0.29, 0.717) is 43.9 Å². The fourth-order valence-corrected chi connectivity index (χ4v) is 14.5. The Hall–Kier alpha value is -2.07. The number of hydrogen-bond acceptors (Lipinski definition) is 7. The van der Waals surface area contributed by atoms with Crippen molar-refractivity contribution in [2.75, 3.05) is 39.3 Å². The van der Waals surface area contributed by atoms with Crippen LogP contribution in [-0.2, 0) is 19.0 Å². The fourth-order valence-electron chi connectivity index (χ4n) is 14.5. The van der Waals surface area contributed by atoms with Crippen LogP contribution in [-0.4, -0.2) is 108 Å². The minimum atomic E-state index is -0.568. The van der Waals surface area contributed by atoms with E-state index in [-0.39, 0.29) is 81.4 Å². The second-order valence-electron chi connectivity index (χ2n) is 19.9. The van der Waals surface area contributed by atoms with Crippen molar-refractivity contribution >= 4 is 18.1 Å². The zero-order valence-corrected chi connectivity index (χ0v) is 32.6. The van der Waals surface area contributed by atoms with E-state index >= 15 is 0 Å². The molecule has 3 saturated heterocycles. The minimum Gasteiger partial charge on any atom is -0.446 e. The highest BCUT2D eigenvalue weighted by molar-refractivity contribution is 5.74. The van der Waals surface area contributed by atoms with Gasteiger partial charge in [-0.25, -0.2) is 9.59 Å². The second-order valence-corrected chi connectivity index (χ2v) is 19.9. The van der Waals surface area contributed by atoms with Crippen molar-refractivity contribution in [3.8, 4) is 0 Å². The maximum atomic E-state index is 13.4. The number of fused-ring (bicyclic) bond motifs is 4. The number of piperazine rings is 1. The minimum absolute atomic E-state index is 0.0374. The number of nitrogens with zero attached hydrogens (tertiary/aromatic N) is 3. The lowest BCUT2D eigenvalue weighted by Crippen LogP contribution is -2.60. The van der Waals surface area contributed by atoms with E-state index in [1.807, 2.05) is 0 Å². The molecule has 13 atom stereocenters.